The van der Waals surface area contributed by atoms with Crippen LogP contribution in [0, 0.1) is 19.7 Å². The fourth-order valence-electron chi connectivity index (χ4n) is 2.77. The number of halogens is 1. The molecule has 3 rings (SSSR count). The van der Waals surface area contributed by atoms with Crippen LogP contribution in [-0.2, 0) is 9.59 Å². The molecule has 3 aromatic rings. The molecule has 0 aliphatic rings. The number of tetrazole rings is 1. The fraction of sp³-hybridized carbons (Fsp3) is 0.300. The molecule has 0 saturated heterocycles. The Bertz CT molecular complexity index is 1090. The Morgan fingerprint density at radius 1 is 1.07 bits per heavy atom. The normalized spacial score (nSPS) is 10.8. The Morgan fingerprint density at radius 3 is 2.50 bits per heavy atom. The van der Waals surface area contributed by atoms with E-state index in [0.717, 1.165) is 4.88 Å². The highest BCUT2D eigenvalue weighted by Gasteiger charge is 2.14. The highest BCUT2D eigenvalue weighted by molar-refractivity contribution is 7.14. The highest BCUT2D eigenvalue weighted by Crippen LogP contribution is 2.20. The number of hydrogen-bond donors (Lipinski definition) is 1. The molecule has 2 heterocycles. The topological polar surface area (TPSA) is 107 Å². The average molecular weight is 429 g/mol. The first-order valence-electron chi connectivity index (χ1n) is 9.29. The molecule has 0 unspecified atom stereocenters. The molecule has 1 aromatic carbocycles. The zero-order valence-electron chi connectivity index (χ0n) is 16.5. The second-order valence-electron chi connectivity index (χ2n) is 6.72. The summed E-state index contributed by atoms with van der Waals surface area (Å²) in [6.07, 6.45) is 0.236. The molecule has 1 N–H and O–H groups in total. The van der Waals surface area contributed by atoms with Crippen LogP contribution < -0.4 is 5.32 Å². The van der Waals surface area contributed by atoms with E-state index in [9.17, 15) is 18.8 Å². The Morgan fingerprint density at radius 2 is 1.83 bits per heavy atom. The first kappa shape index (κ1) is 21.4. The number of nitrogens with one attached hydrogen (secondary N) is 1. The van der Waals surface area contributed by atoms with Gasteiger partial charge in [0, 0.05) is 36.2 Å². The van der Waals surface area contributed by atoms with Crippen molar-refractivity contribution in [2.75, 3.05) is 5.32 Å². The molecule has 0 aliphatic heterocycles. The Labute approximate surface area is 176 Å². The van der Waals surface area contributed by atoms with Crippen LogP contribution in [0.15, 0.2) is 30.3 Å². The maximum Gasteiger partial charge on any atom is 0.224 e. The quantitative estimate of drug-likeness (QED) is 0.522. The molecular weight excluding hydrogens is 409 g/mol. The van der Waals surface area contributed by atoms with Crippen LogP contribution in [0.4, 0.5) is 10.1 Å². The van der Waals surface area contributed by atoms with Gasteiger partial charge in [0.05, 0.1) is 4.88 Å². The Kier molecular flexibility index (Phi) is 6.78. The molecule has 1 amide bonds. The van der Waals surface area contributed by atoms with Gasteiger partial charge in [-0.3, -0.25) is 14.4 Å². The molecule has 0 radical (unpaired) electrons. The van der Waals surface area contributed by atoms with E-state index in [-0.39, 0.29) is 48.8 Å². The zero-order chi connectivity index (χ0) is 21.7. The minimum absolute atomic E-state index is 0.0260. The lowest BCUT2D eigenvalue weighted by atomic mass is 10.1. The van der Waals surface area contributed by atoms with Crippen molar-refractivity contribution in [1.82, 2.24) is 20.2 Å². The molecule has 0 bridgehead atoms. The average Bonchev–Trinajstić information content (AvgIpc) is 3.34. The van der Waals surface area contributed by atoms with Crippen molar-refractivity contribution in [3.8, 4) is 5.69 Å². The number of hydrogen-bond acceptors (Lipinski definition) is 7. The summed E-state index contributed by atoms with van der Waals surface area (Å²) in [4.78, 5) is 37.9. The Balaban J connectivity index is 1.49. The van der Waals surface area contributed by atoms with Crippen LogP contribution in [-0.4, -0.2) is 37.7 Å². The fourth-order valence-corrected chi connectivity index (χ4v) is 3.60. The van der Waals surface area contributed by atoms with Crippen molar-refractivity contribution in [1.29, 1.82) is 0 Å². The van der Waals surface area contributed by atoms with Crippen LogP contribution in [0.5, 0.6) is 0 Å². The third-order valence-electron chi connectivity index (χ3n) is 4.36. The van der Waals surface area contributed by atoms with Crippen molar-refractivity contribution in [2.24, 2.45) is 0 Å². The largest absolute Gasteiger partial charge is 0.326 e. The van der Waals surface area contributed by atoms with E-state index in [0.29, 0.717) is 16.4 Å². The number of rotatable bonds is 9. The lowest BCUT2D eigenvalue weighted by Gasteiger charge is -2.09. The molecule has 10 heteroatoms. The number of thiophene rings is 1. The molecule has 30 heavy (non-hydrogen) atoms. The first-order valence-corrected chi connectivity index (χ1v) is 10.1. The standard InChI is InChI=1S/C20H20FN5O3S/c1-12-3-9-19(30-12)18(28)8-5-15(27)6-10-20(29)22-14-4-7-16(21)17(11-14)26-13(2)23-24-25-26/h3-4,7,9,11H,5-6,8,10H2,1-2H3,(H,22,29). The summed E-state index contributed by atoms with van der Waals surface area (Å²) in [7, 11) is 0. The number of amides is 1. The maximum absolute atomic E-state index is 14.1. The number of carbonyl (C=O) groups excluding carboxylic acids is 3. The molecule has 0 fully saturated rings. The zero-order valence-corrected chi connectivity index (χ0v) is 17.3. The number of anilines is 1. The second kappa shape index (κ2) is 9.49. The molecular formula is C20H20FN5O3S. The van der Waals surface area contributed by atoms with Gasteiger partial charge >= 0.3 is 0 Å². The number of benzene rings is 1. The third kappa shape index (κ3) is 5.41. The minimum atomic E-state index is -0.538. The summed E-state index contributed by atoms with van der Waals surface area (Å²) >= 11 is 1.40. The third-order valence-corrected chi connectivity index (χ3v) is 5.40. The van der Waals surface area contributed by atoms with E-state index in [4.69, 9.17) is 0 Å². The minimum Gasteiger partial charge on any atom is -0.326 e. The summed E-state index contributed by atoms with van der Waals surface area (Å²) in [5.74, 6) is -0.743. The van der Waals surface area contributed by atoms with Crippen LogP contribution in [0.1, 0.15) is 46.1 Å². The van der Waals surface area contributed by atoms with E-state index in [1.54, 1.807) is 13.0 Å². The lowest BCUT2D eigenvalue weighted by molar-refractivity contribution is -0.122. The van der Waals surface area contributed by atoms with Crippen molar-refractivity contribution < 1.29 is 18.8 Å². The highest BCUT2D eigenvalue weighted by atomic mass is 32.1. The summed E-state index contributed by atoms with van der Waals surface area (Å²) in [6, 6.07) is 7.66. The molecule has 0 spiro atoms. The predicted molar refractivity (Wildman–Crippen MR) is 109 cm³/mol. The maximum atomic E-state index is 14.1. The summed E-state index contributed by atoms with van der Waals surface area (Å²) in [5, 5.41) is 13.5. The van der Waals surface area contributed by atoms with Gasteiger partial charge in [-0.05, 0) is 54.6 Å². The molecule has 0 atom stereocenters. The lowest BCUT2D eigenvalue weighted by Crippen LogP contribution is -2.14. The summed E-state index contributed by atoms with van der Waals surface area (Å²) in [6.45, 7) is 3.54. The number of ketones is 2. The SMILES string of the molecule is Cc1ccc(C(=O)CCC(=O)CCC(=O)Nc2ccc(F)c(-n3nnnc3C)c2)s1. The number of Topliss-reactive ketones (excluding diaryl/α,β-unsaturated/α-hetero) is 2. The number of nitrogens with zero attached hydrogens (tertiary/aromatic N) is 4. The molecule has 8 nitrogen and oxygen atoms in total. The van der Waals surface area contributed by atoms with Gasteiger partial charge in [-0.2, -0.15) is 4.68 Å². The second-order valence-corrected chi connectivity index (χ2v) is 8.01. The van der Waals surface area contributed by atoms with Gasteiger partial charge in [-0.1, -0.05) is 0 Å². The van der Waals surface area contributed by atoms with Crippen molar-refractivity contribution in [3.05, 3.63) is 51.7 Å². The van der Waals surface area contributed by atoms with Crippen molar-refractivity contribution in [2.45, 2.75) is 39.5 Å². The number of carbonyl (C=O) groups is 3. The van der Waals surface area contributed by atoms with E-state index in [1.165, 1.54) is 34.2 Å². The van der Waals surface area contributed by atoms with Crippen molar-refractivity contribution >= 4 is 34.5 Å². The monoisotopic (exact) mass is 429 g/mol. The summed E-state index contributed by atoms with van der Waals surface area (Å²) in [5.41, 5.74) is 0.468. The molecule has 0 aliphatic carbocycles. The van der Waals surface area contributed by atoms with Gasteiger partial charge in [-0.25, -0.2) is 4.39 Å². The van der Waals surface area contributed by atoms with Gasteiger partial charge in [0.1, 0.15) is 17.3 Å². The van der Waals surface area contributed by atoms with E-state index >= 15 is 0 Å². The van der Waals surface area contributed by atoms with Gasteiger partial charge < -0.3 is 5.32 Å². The van der Waals surface area contributed by atoms with Crippen LogP contribution in [0.25, 0.3) is 5.69 Å². The molecule has 0 saturated carbocycles. The number of aromatic nitrogens is 4. The van der Waals surface area contributed by atoms with Crippen LogP contribution in [0.3, 0.4) is 0 Å². The first-order chi connectivity index (χ1) is 14.3. The van der Waals surface area contributed by atoms with Gasteiger partial charge in [-0.15, -0.1) is 16.4 Å². The Hall–Kier alpha value is -3.27. The molecule has 156 valence electrons. The van der Waals surface area contributed by atoms with Crippen LogP contribution in [0.2, 0.25) is 0 Å². The summed E-state index contributed by atoms with van der Waals surface area (Å²) < 4.78 is 15.3. The smallest absolute Gasteiger partial charge is 0.224 e. The van der Waals surface area contributed by atoms with Crippen LogP contribution >= 0.6 is 11.3 Å². The number of aryl methyl sites for hydroxylation is 2. The van der Waals surface area contributed by atoms with Crippen molar-refractivity contribution in [3.63, 3.8) is 0 Å². The van der Waals surface area contributed by atoms with Gasteiger partial charge in [0.25, 0.3) is 0 Å². The van der Waals surface area contributed by atoms with Gasteiger partial charge in [0.2, 0.25) is 5.91 Å². The van der Waals surface area contributed by atoms with E-state index < -0.39 is 5.82 Å². The van der Waals surface area contributed by atoms with E-state index in [2.05, 4.69) is 20.8 Å². The van der Waals surface area contributed by atoms with Gasteiger partial charge in [0.15, 0.2) is 11.6 Å². The predicted octanol–water partition coefficient (Wildman–Crippen LogP) is 3.43. The van der Waals surface area contributed by atoms with E-state index in [1.807, 2.05) is 13.0 Å². The molecule has 2 aromatic heterocycles.